The zero-order valence-corrected chi connectivity index (χ0v) is 12.9. The zero-order chi connectivity index (χ0) is 14.7. The Balaban J connectivity index is 2.30. The van der Waals surface area contributed by atoms with Crippen molar-refractivity contribution < 1.29 is 9.53 Å². The molecule has 0 bridgehead atoms. The van der Waals surface area contributed by atoms with E-state index in [1.807, 2.05) is 25.1 Å². The van der Waals surface area contributed by atoms with E-state index in [1.165, 1.54) is 6.20 Å². The van der Waals surface area contributed by atoms with Gasteiger partial charge in [0.2, 0.25) is 0 Å². The Morgan fingerprint density at radius 1 is 1.55 bits per heavy atom. The number of nitrogens with zero attached hydrogens (tertiary/aromatic N) is 2. The second-order valence-corrected chi connectivity index (χ2v) is 5.25. The molecule has 0 spiro atoms. The third kappa shape index (κ3) is 3.08. The number of esters is 1. The van der Waals surface area contributed by atoms with Crippen LogP contribution in [0.5, 0.6) is 0 Å². The van der Waals surface area contributed by atoms with Gasteiger partial charge in [0, 0.05) is 16.7 Å². The Morgan fingerprint density at radius 3 is 2.90 bits per heavy atom. The van der Waals surface area contributed by atoms with Gasteiger partial charge in [-0.25, -0.2) is 9.48 Å². The van der Waals surface area contributed by atoms with Crippen LogP contribution >= 0.6 is 15.9 Å². The zero-order valence-electron chi connectivity index (χ0n) is 11.3. The van der Waals surface area contributed by atoms with E-state index >= 15 is 0 Å². The average Bonchev–Trinajstić information content (AvgIpc) is 2.88. The first-order chi connectivity index (χ1) is 9.52. The van der Waals surface area contributed by atoms with Crippen LogP contribution in [-0.2, 0) is 4.74 Å². The van der Waals surface area contributed by atoms with Gasteiger partial charge < -0.3 is 10.5 Å². The van der Waals surface area contributed by atoms with E-state index in [1.54, 1.807) is 17.8 Å². The molecular weight excluding hydrogens is 322 g/mol. The van der Waals surface area contributed by atoms with E-state index in [0.717, 1.165) is 15.7 Å². The van der Waals surface area contributed by atoms with Gasteiger partial charge in [-0.05, 0) is 47.5 Å². The molecule has 2 N–H and O–H groups in total. The first-order valence-electron chi connectivity index (χ1n) is 6.30. The van der Waals surface area contributed by atoms with Crippen molar-refractivity contribution in [3.8, 4) is 5.69 Å². The van der Waals surface area contributed by atoms with E-state index in [-0.39, 0.29) is 12.0 Å². The van der Waals surface area contributed by atoms with Crippen LogP contribution in [0.1, 0.15) is 35.8 Å². The summed E-state index contributed by atoms with van der Waals surface area (Å²) in [6.45, 7) is 4.04. The minimum Gasteiger partial charge on any atom is -0.462 e. The highest BCUT2D eigenvalue weighted by Crippen LogP contribution is 2.24. The van der Waals surface area contributed by atoms with Crippen molar-refractivity contribution in [2.75, 3.05) is 6.61 Å². The van der Waals surface area contributed by atoms with E-state index in [4.69, 9.17) is 10.5 Å². The van der Waals surface area contributed by atoms with Crippen molar-refractivity contribution in [3.63, 3.8) is 0 Å². The molecule has 2 aromatic rings. The van der Waals surface area contributed by atoms with Gasteiger partial charge in [0.05, 0.1) is 24.1 Å². The van der Waals surface area contributed by atoms with Gasteiger partial charge in [0.15, 0.2) is 0 Å². The van der Waals surface area contributed by atoms with Gasteiger partial charge in [0.1, 0.15) is 0 Å². The minimum absolute atomic E-state index is 0.0342. The average molecular weight is 338 g/mol. The lowest BCUT2D eigenvalue weighted by atomic mass is 10.1. The predicted molar refractivity (Wildman–Crippen MR) is 79.8 cm³/mol. The second-order valence-electron chi connectivity index (χ2n) is 4.39. The number of hydrogen-bond donors (Lipinski definition) is 1. The fourth-order valence-electron chi connectivity index (χ4n) is 1.77. The number of benzene rings is 1. The quantitative estimate of drug-likeness (QED) is 0.871. The van der Waals surface area contributed by atoms with Crippen LogP contribution in [0.3, 0.4) is 0 Å². The number of ether oxygens (including phenoxy) is 1. The van der Waals surface area contributed by atoms with Gasteiger partial charge >= 0.3 is 5.97 Å². The van der Waals surface area contributed by atoms with Crippen molar-refractivity contribution in [2.45, 2.75) is 19.9 Å². The summed E-state index contributed by atoms with van der Waals surface area (Å²) in [4.78, 5) is 11.6. The SMILES string of the molecule is CCOC(=O)c1cnn(-c2ccc([C@H](C)N)cc2Br)c1. The normalized spacial score (nSPS) is 12.2. The lowest BCUT2D eigenvalue weighted by Gasteiger charge is -2.09. The summed E-state index contributed by atoms with van der Waals surface area (Å²) in [5.74, 6) is -0.373. The molecule has 106 valence electrons. The van der Waals surface area contributed by atoms with Crippen LogP contribution in [-0.4, -0.2) is 22.4 Å². The van der Waals surface area contributed by atoms with Crippen molar-refractivity contribution in [1.82, 2.24) is 9.78 Å². The lowest BCUT2D eigenvalue weighted by Crippen LogP contribution is -2.06. The number of hydrogen-bond acceptors (Lipinski definition) is 4. The molecule has 6 heteroatoms. The van der Waals surface area contributed by atoms with Gasteiger partial charge in [-0.2, -0.15) is 5.10 Å². The molecule has 2 rings (SSSR count). The number of rotatable bonds is 4. The van der Waals surface area contributed by atoms with Crippen LogP contribution in [0.2, 0.25) is 0 Å². The molecule has 1 aromatic carbocycles. The van der Waals surface area contributed by atoms with Crippen molar-refractivity contribution in [1.29, 1.82) is 0 Å². The Labute approximate surface area is 125 Å². The minimum atomic E-state index is -0.373. The largest absolute Gasteiger partial charge is 0.462 e. The molecule has 0 fully saturated rings. The number of carbonyl (C=O) groups excluding carboxylic acids is 1. The predicted octanol–water partition coefficient (Wildman–Crippen LogP) is 2.83. The lowest BCUT2D eigenvalue weighted by molar-refractivity contribution is 0.0526. The second kappa shape index (κ2) is 6.19. The summed E-state index contributed by atoms with van der Waals surface area (Å²) in [5.41, 5.74) is 8.13. The maximum atomic E-state index is 11.6. The summed E-state index contributed by atoms with van der Waals surface area (Å²) in [6.07, 6.45) is 3.13. The highest BCUT2D eigenvalue weighted by Gasteiger charge is 2.12. The Hall–Kier alpha value is -1.66. The van der Waals surface area contributed by atoms with Gasteiger partial charge in [-0.1, -0.05) is 6.07 Å². The topological polar surface area (TPSA) is 70.1 Å². The molecule has 1 heterocycles. The molecular formula is C14H16BrN3O2. The van der Waals surface area contributed by atoms with Crippen LogP contribution in [0.25, 0.3) is 5.69 Å². The summed E-state index contributed by atoms with van der Waals surface area (Å²) in [5, 5.41) is 4.18. The molecule has 0 saturated heterocycles. The molecule has 1 aromatic heterocycles. The van der Waals surface area contributed by atoms with E-state index in [0.29, 0.717) is 12.2 Å². The number of carbonyl (C=O) groups is 1. The number of nitrogens with two attached hydrogens (primary N) is 1. The maximum absolute atomic E-state index is 11.6. The van der Waals surface area contributed by atoms with E-state index in [9.17, 15) is 4.79 Å². The Bertz CT molecular complexity index is 623. The molecule has 0 amide bonds. The molecule has 0 aliphatic carbocycles. The van der Waals surface area contributed by atoms with Gasteiger partial charge in [-0.3, -0.25) is 0 Å². The summed E-state index contributed by atoms with van der Waals surface area (Å²) in [7, 11) is 0. The third-order valence-corrected chi connectivity index (χ3v) is 3.47. The first-order valence-corrected chi connectivity index (χ1v) is 7.09. The van der Waals surface area contributed by atoms with Crippen LogP contribution in [0.4, 0.5) is 0 Å². The smallest absolute Gasteiger partial charge is 0.341 e. The summed E-state index contributed by atoms with van der Waals surface area (Å²) < 4.78 is 7.43. The van der Waals surface area contributed by atoms with Crippen molar-refractivity contribution in [3.05, 3.63) is 46.2 Å². The van der Waals surface area contributed by atoms with Crippen LogP contribution in [0.15, 0.2) is 35.1 Å². The van der Waals surface area contributed by atoms with Crippen LogP contribution in [0, 0.1) is 0 Å². The fraction of sp³-hybridized carbons (Fsp3) is 0.286. The monoisotopic (exact) mass is 337 g/mol. The number of halogens is 1. The number of aromatic nitrogens is 2. The Morgan fingerprint density at radius 2 is 2.30 bits per heavy atom. The third-order valence-electron chi connectivity index (χ3n) is 2.84. The highest BCUT2D eigenvalue weighted by molar-refractivity contribution is 9.10. The molecule has 0 radical (unpaired) electrons. The molecule has 1 atom stereocenters. The van der Waals surface area contributed by atoms with E-state index < -0.39 is 0 Å². The molecule has 0 saturated carbocycles. The summed E-state index contributed by atoms with van der Waals surface area (Å²) in [6, 6.07) is 5.76. The molecule has 5 nitrogen and oxygen atoms in total. The summed E-state index contributed by atoms with van der Waals surface area (Å²) >= 11 is 3.50. The highest BCUT2D eigenvalue weighted by atomic mass is 79.9. The van der Waals surface area contributed by atoms with Crippen molar-refractivity contribution in [2.24, 2.45) is 5.73 Å². The van der Waals surface area contributed by atoms with Gasteiger partial charge in [-0.15, -0.1) is 0 Å². The van der Waals surface area contributed by atoms with Crippen molar-refractivity contribution >= 4 is 21.9 Å². The molecule has 0 aliphatic heterocycles. The molecule has 20 heavy (non-hydrogen) atoms. The maximum Gasteiger partial charge on any atom is 0.341 e. The van der Waals surface area contributed by atoms with Crippen LogP contribution < -0.4 is 5.73 Å². The molecule has 0 unspecified atom stereocenters. The van der Waals surface area contributed by atoms with Gasteiger partial charge in [0.25, 0.3) is 0 Å². The standard InChI is InChI=1S/C14H16BrN3O2/c1-3-20-14(19)11-7-17-18(8-11)13-5-4-10(9(2)16)6-12(13)15/h4-9H,3,16H2,1-2H3/t9-/m0/s1. The van der Waals surface area contributed by atoms with E-state index in [2.05, 4.69) is 21.0 Å². The first kappa shape index (κ1) is 14.7. The Kier molecular flexibility index (Phi) is 4.57. The fourth-order valence-corrected chi connectivity index (χ4v) is 2.34. The molecule has 0 aliphatic rings.